The monoisotopic (exact) mass is 143 g/mol. The number of ketones is 1. The molecule has 0 saturated carbocycles. The molecule has 0 radical (unpaired) electrons. The van der Waals surface area contributed by atoms with Gasteiger partial charge in [0.25, 0.3) is 5.78 Å². The number of rotatable bonds is 2. The first-order chi connectivity index (χ1) is 4.46. The molecule has 0 saturated heterocycles. The van der Waals surface area contributed by atoms with E-state index < -0.39 is 11.8 Å². The van der Waals surface area contributed by atoms with Crippen molar-refractivity contribution in [2.45, 2.75) is 13.8 Å². The van der Waals surface area contributed by atoms with Gasteiger partial charge in [0.2, 0.25) is 0 Å². The molecule has 56 valence electrons. The summed E-state index contributed by atoms with van der Waals surface area (Å²) in [5.74, 6) is -2.56. The average molecular weight is 143 g/mol. The lowest BCUT2D eigenvalue weighted by atomic mass is 10.2. The molecule has 3 N–H and O–H groups in total. The predicted octanol–water partition coefficient (Wildman–Crippen LogP) is -0.107. The summed E-state index contributed by atoms with van der Waals surface area (Å²) in [5, 5.41) is 8.14. The van der Waals surface area contributed by atoms with E-state index >= 15 is 0 Å². The van der Waals surface area contributed by atoms with E-state index in [4.69, 9.17) is 10.8 Å². The van der Waals surface area contributed by atoms with Gasteiger partial charge in [0.05, 0.1) is 5.70 Å². The Hall–Kier alpha value is -1.32. The number of carboxylic acid groups (broad SMARTS) is 1. The zero-order valence-electron chi connectivity index (χ0n) is 5.84. The van der Waals surface area contributed by atoms with Crippen LogP contribution in [0.2, 0.25) is 0 Å². The van der Waals surface area contributed by atoms with E-state index in [-0.39, 0.29) is 5.70 Å². The zero-order valence-corrected chi connectivity index (χ0v) is 5.84. The Balaban J connectivity index is 4.54. The topological polar surface area (TPSA) is 80.4 Å². The van der Waals surface area contributed by atoms with E-state index in [9.17, 15) is 9.59 Å². The van der Waals surface area contributed by atoms with Crippen LogP contribution < -0.4 is 5.73 Å². The largest absolute Gasteiger partial charge is 0.475 e. The highest BCUT2D eigenvalue weighted by Gasteiger charge is 2.14. The molecule has 0 aromatic carbocycles. The van der Waals surface area contributed by atoms with Crippen LogP contribution in [0, 0.1) is 0 Å². The van der Waals surface area contributed by atoms with Crippen LogP contribution in [0.3, 0.4) is 0 Å². The smallest absolute Gasteiger partial charge is 0.378 e. The van der Waals surface area contributed by atoms with Gasteiger partial charge >= 0.3 is 5.97 Å². The van der Waals surface area contributed by atoms with Crippen LogP contribution in [0.4, 0.5) is 0 Å². The predicted molar refractivity (Wildman–Crippen MR) is 35.2 cm³/mol. The molecule has 0 fully saturated rings. The van der Waals surface area contributed by atoms with Crippen molar-refractivity contribution in [3.63, 3.8) is 0 Å². The number of carbonyl (C=O) groups is 2. The lowest BCUT2D eigenvalue weighted by molar-refractivity contribution is -0.147. The Morgan fingerprint density at radius 1 is 1.30 bits per heavy atom. The van der Waals surface area contributed by atoms with Crippen LogP contribution in [0.1, 0.15) is 13.8 Å². The molecule has 0 amide bonds. The summed E-state index contributed by atoms with van der Waals surface area (Å²) in [6, 6.07) is 0. The quantitative estimate of drug-likeness (QED) is 0.417. The Morgan fingerprint density at radius 3 is 1.80 bits per heavy atom. The van der Waals surface area contributed by atoms with Gasteiger partial charge in [-0.25, -0.2) is 4.79 Å². The fourth-order valence-electron chi connectivity index (χ4n) is 0.342. The number of nitrogens with two attached hydrogens (primary N) is 1. The second-order valence-electron chi connectivity index (χ2n) is 2.05. The van der Waals surface area contributed by atoms with Crippen molar-refractivity contribution < 1.29 is 14.7 Å². The van der Waals surface area contributed by atoms with Gasteiger partial charge < -0.3 is 10.8 Å². The van der Waals surface area contributed by atoms with Gasteiger partial charge in [0.15, 0.2) is 0 Å². The molecule has 4 nitrogen and oxygen atoms in total. The van der Waals surface area contributed by atoms with Crippen molar-refractivity contribution >= 4 is 11.8 Å². The molecule has 0 aromatic rings. The number of carboxylic acids is 1. The molecule has 0 bridgehead atoms. The first-order valence-corrected chi connectivity index (χ1v) is 2.67. The molecule has 0 aliphatic heterocycles. The molecule has 0 rings (SSSR count). The summed E-state index contributed by atoms with van der Waals surface area (Å²) in [6.07, 6.45) is 0. The third kappa shape index (κ3) is 1.89. The fourth-order valence-corrected chi connectivity index (χ4v) is 0.342. The van der Waals surface area contributed by atoms with Gasteiger partial charge in [0, 0.05) is 0 Å². The average Bonchev–Trinajstić information content (AvgIpc) is 1.84. The number of Topliss-reactive ketones (excluding diaryl/α,β-unsaturated/α-hetero) is 1. The Kier molecular flexibility index (Phi) is 2.61. The number of allylic oxidation sites excluding steroid dienone is 1. The van der Waals surface area contributed by atoms with Crippen molar-refractivity contribution in [3.05, 3.63) is 11.3 Å². The maximum absolute atomic E-state index is 10.5. The summed E-state index contributed by atoms with van der Waals surface area (Å²) < 4.78 is 0. The lowest BCUT2D eigenvalue weighted by Gasteiger charge is -1.96. The Bertz CT molecular complexity index is 201. The normalized spacial score (nSPS) is 8.60. The lowest BCUT2D eigenvalue weighted by Crippen LogP contribution is -2.21. The Labute approximate surface area is 58.3 Å². The van der Waals surface area contributed by atoms with Gasteiger partial charge in [-0.1, -0.05) is 0 Å². The van der Waals surface area contributed by atoms with Crippen LogP contribution in [-0.4, -0.2) is 16.9 Å². The second kappa shape index (κ2) is 3.00. The SMILES string of the molecule is CC(C)=C(N)C(=O)C(=O)O. The van der Waals surface area contributed by atoms with Gasteiger partial charge in [-0.05, 0) is 19.4 Å². The highest BCUT2D eigenvalue weighted by molar-refractivity contribution is 6.39. The van der Waals surface area contributed by atoms with Crippen molar-refractivity contribution in [1.29, 1.82) is 0 Å². The molecule has 0 aliphatic carbocycles. The molecule has 0 unspecified atom stereocenters. The van der Waals surface area contributed by atoms with Gasteiger partial charge in [0.1, 0.15) is 0 Å². The van der Waals surface area contributed by atoms with Crippen LogP contribution in [0.15, 0.2) is 11.3 Å². The van der Waals surface area contributed by atoms with Crippen molar-refractivity contribution in [2.75, 3.05) is 0 Å². The molecular formula is C6H9NO3. The minimum Gasteiger partial charge on any atom is -0.475 e. The third-order valence-electron chi connectivity index (χ3n) is 0.978. The van der Waals surface area contributed by atoms with Crippen LogP contribution in [0.25, 0.3) is 0 Å². The third-order valence-corrected chi connectivity index (χ3v) is 0.978. The van der Waals surface area contributed by atoms with E-state index in [2.05, 4.69) is 0 Å². The maximum atomic E-state index is 10.5. The van der Waals surface area contributed by atoms with Crippen molar-refractivity contribution in [3.8, 4) is 0 Å². The van der Waals surface area contributed by atoms with E-state index in [1.165, 1.54) is 0 Å². The number of hydrogen-bond donors (Lipinski definition) is 2. The fraction of sp³-hybridized carbons (Fsp3) is 0.333. The van der Waals surface area contributed by atoms with E-state index in [1.807, 2.05) is 0 Å². The first kappa shape index (κ1) is 8.68. The number of carbonyl (C=O) groups excluding carboxylic acids is 1. The van der Waals surface area contributed by atoms with Gasteiger partial charge in [-0.15, -0.1) is 0 Å². The molecule has 0 aromatic heterocycles. The summed E-state index contributed by atoms with van der Waals surface area (Å²) >= 11 is 0. The van der Waals surface area contributed by atoms with E-state index in [0.29, 0.717) is 5.57 Å². The standard InChI is InChI=1S/C6H9NO3/c1-3(2)4(7)5(8)6(9)10/h7H2,1-2H3,(H,9,10). The molecular weight excluding hydrogens is 134 g/mol. The second-order valence-corrected chi connectivity index (χ2v) is 2.05. The molecule has 0 atom stereocenters. The molecule has 0 aliphatic rings. The van der Waals surface area contributed by atoms with Crippen LogP contribution in [0.5, 0.6) is 0 Å². The minimum atomic E-state index is -1.52. The van der Waals surface area contributed by atoms with Crippen LogP contribution >= 0.6 is 0 Å². The molecule has 10 heavy (non-hydrogen) atoms. The van der Waals surface area contributed by atoms with Gasteiger partial charge in [-0.3, -0.25) is 4.79 Å². The first-order valence-electron chi connectivity index (χ1n) is 2.67. The van der Waals surface area contributed by atoms with E-state index in [0.717, 1.165) is 0 Å². The number of hydrogen-bond acceptors (Lipinski definition) is 3. The highest BCUT2D eigenvalue weighted by Crippen LogP contribution is 1.96. The number of aliphatic carboxylic acids is 1. The molecule has 0 spiro atoms. The van der Waals surface area contributed by atoms with Crippen LogP contribution in [-0.2, 0) is 9.59 Å². The van der Waals surface area contributed by atoms with Crippen molar-refractivity contribution in [1.82, 2.24) is 0 Å². The van der Waals surface area contributed by atoms with Gasteiger partial charge in [-0.2, -0.15) is 0 Å². The maximum Gasteiger partial charge on any atom is 0.378 e. The summed E-state index contributed by atoms with van der Waals surface area (Å²) in [5.41, 5.74) is 5.44. The van der Waals surface area contributed by atoms with Crippen molar-refractivity contribution in [2.24, 2.45) is 5.73 Å². The zero-order chi connectivity index (χ0) is 8.31. The summed E-state index contributed by atoms with van der Waals surface area (Å²) in [4.78, 5) is 20.5. The highest BCUT2D eigenvalue weighted by atomic mass is 16.4. The minimum absolute atomic E-state index is 0.187. The summed E-state index contributed by atoms with van der Waals surface area (Å²) in [6.45, 7) is 3.16. The molecule has 0 heterocycles. The molecule has 4 heteroatoms. The summed E-state index contributed by atoms with van der Waals surface area (Å²) in [7, 11) is 0. The van der Waals surface area contributed by atoms with E-state index in [1.54, 1.807) is 13.8 Å². The Morgan fingerprint density at radius 2 is 1.70 bits per heavy atom.